The summed E-state index contributed by atoms with van der Waals surface area (Å²) in [5.41, 5.74) is 1.96. The molecule has 1 heterocycles. The van der Waals surface area contributed by atoms with Gasteiger partial charge in [-0.2, -0.15) is 4.31 Å². The highest BCUT2D eigenvalue weighted by Gasteiger charge is 2.25. The predicted octanol–water partition coefficient (Wildman–Crippen LogP) is 2.93. The van der Waals surface area contributed by atoms with Crippen LogP contribution in [0.3, 0.4) is 0 Å². The van der Waals surface area contributed by atoms with Crippen LogP contribution in [0.1, 0.15) is 47.7 Å². The second kappa shape index (κ2) is 10.1. The molecular formula is C23H28N2O5S. The van der Waals surface area contributed by atoms with Crippen LogP contribution in [0, 0.1) is 0 Å². The Morgan fingerprint density at radius 3 is 2.32 bits per heavy atom. The van der Waals surface area contributed by atoms with Gasteiger partial charge in [0.2, 0.25) is 15.9 Å². The number of ketones is 1. The molecule has 1 aliphatic rings. The minimum absolute atomic E-state index is 0.0751. The third-order valence-electron chi connectivity index (χ3n) is 5.40. The van der Waals surface area contributed by atoms with Gasteiger partial charge in [0.25, 0.3) is 0 Å². The van der Waals surface area contributed by atoms with Crippen LogP contribution in [0.2, 0.25) is 0 Å². The van der Waals surface area contributed by atoms with Crippen molar-refractivity contribution in [1.29, 1.82) is 0 Å². The molecule has 1 saturated heterocycles. The van der Waals surface area contributed by atoms with E-state index < -0.39 is 10.0 Å². The van der Waals surface area contributed by atoms with Crippen LogP contribution in [0.4, 0.5) is 0 Å². The smallest absolute Gasteiger partial charge is 0.243 e. The van der Waals surface area contributed by atoms with E-state index in [2.05, 4.69) is 5.32 Å². The molecule has 1 N–H and O–H groups in total. The average molecular weight is 445 g/mol. The van der Waals surface area contributed by atoms with E-state index in [4.69, 9.17) is 4.74 Å². The van der Waals surface area contributed by atoms with E-state index in [1.165, 1.54) is 18.3 Å². The molecule has 0 unspecified atom stereocenters. The summed E-state index contributed by atoms with van der Waals surface area (Å²) in [6.45, 7) is 2.88. The van der Waals surface area contributed by atoms with Gasteiger partial charge in [0, 0.05) is 30.8 Å². The van der Waals surface area contributed by atoms with Gasteiger partial charge >= 0.3 is 0 Å². The summed E-state index contributed by atoms with van der Waals surface area (Å²) in [5.74, 6) is 0.250. The Morgan fingerprint density at radius 1 is 1.03 bits per heavy atom. The van der Waals surface area contributed by atoms with Gasteiger partial charge in [-0.25, -0.2) is 8.42 Å². The maximum absolute atomic E-state index is 12.7. The van der Waals surface area contributed by atoms with E-state index in [1.807, 2.05) is 0 Å². The molecule has 2 aromatic rings. The lowest BCUT2D eigenvalue weighted by atomic mass is 10.0. The van der Waals surface area contributed by atoms with Gasteiger partial charge in [-0.05, 0) is 55.7 Å². The van der Waals surface area contributed by atoms with Crippen molar-refractivity contribution in [1.82, 2.24) is 9.62 Å². The molecule has 31 heavy (non-hydrogen) atoms. The second-order valence-electron chi connectivity index (χ2n) is 7.65. The number of piperidine rings is 1. The molecule has 8 heteroatoms. The van der Waals surface area contributed by atoms with Gasteiger partial charge in [0.05, 0.1) is 18.4 Å². The van der Waals surface area contributed by atoms with Crippen molar-refractivity contribution in [2.75, 3.05) is 20.2 Å². The lowest BCUT2D eigenvalue weighted by Gasteiger charge is -2.25. The Bertz CT molecular complexity index is 1040. The predicted molar refractivity (Wildman–Crippen MR) is 118 cm³/mol. The number of sulfonamides is 1. The van der Waals surface area contributed by atoms with E-state index in [-0.39, 0.29) is 29.6 Å². The number of Topliss-reactive ketones (excluding diaryl/α,β-unsaturated/α-hetero) is 1. The molecule has 0 spiro atoms. The summed E-state index contributed by atoms with van der Waals surface area (Å²) in [6, 6.07) is 11.6. The molecule has 0 atom stereocenters. The van der Waals surface area contributed by atoms with Gasteiger partial charge in [-0.1, -0.05) is 18.6 Å². The van der Waals surface area contributed by atoms with Crippen molar-refractivity contribution in [3.8, 4) is 5.75 Å². The summed E-state index contributed by atoms with van der Waals surface area (Å²) in [5, 5.41) is 2.83. The van der Waals surface area contributed by atoms with Crippen LogP contribution in [-0.2, 0) is 27.8 Å². The molecule has 2 aromatic carbocycles. The fourth-order valence-corrected chi connectivity index (χ4v) is 5.12. The van der Waals surface area contributed by atoms with Gasteiger partial charge < -0.3 is 10.1 Å². The van der Waals surface area contributed by atoms with Crippen LogP contribution in [-0.4, -0.2) is 44.6 Å². The van der Waals surface area contributed by atoms with Crippen LogP contribution in [0.5, 0.6) is 5.75 Å². The number of carbonyl (C=O) groups is 2. The zero-order valence-corrected chi connectivity index (χ0v) is 18.7. The lowest BCUT2D eigenvalue weighted by molar-refractivity contribution is -0.120. The van der Waals surface area contributed by atoms with E-state index in [9.17, 15) is 18.0 Å². The number of rotatable bonds is 8. The van der Waals surface area contributed by atoms with E-state index in [0.29, 0.717) is 30.0 Å². The standard InChI is InChI=1S/C23H28N2O5S/c1-17(26)19-8-11-22(30-2)20(14-19)15-23(27)24-16-18-6-9-21(10-7-18)31(28,29)25-12-4-3-5-13-25/h6-11,14H,3-5,12-13,15-16H2,1-2H3,(H,24,27). The zero-order chi connectivity index (χ0) is 22.4. The van der Waals surface area contributed by atoms with Crippen LogP contribution >= 0.6 is 0 Å². The maximum atomic E-state index is 12.7. The SMILES string of the molecule is COc1ccc(C(C)=O)cc1CC(=O)NCc1ccc(S(=O)(=O)N2CCCCC2)cc1. The number of hydrogen-bond donors (Lipinski definition) is 1. The van der Waals surface area contributed by atoms with Crippen molar-refractivity contribution in [2.24, 2.45) is 0 Å². The molecule has 0 saturated carbocycles. The Hall–Kier alpha value is -2.71. The first kappa shape index (κ1) is 23.0. The highest BCUT2D eigenvalue weighted by atomic mass is 32.2. The van der Waals surface area contributed by atoms with Gasteiger partial charge in [0.1, 0.15) is 5.75 Å². The third-order valence-corrected chi connectivity index (χ3v) is 7.32. The summed E-state index contributed by atoms with van der Waals surface area (Å²) < 4.78 is 32.3. The summed E-state index contributed by atoms with van der Waals surface area (Å²) in [6.07, 6.45) is 2.92. The number of nitrogens with one attached hydrogen (secondary N) is 1. The average Bonchev–Trinajstić information content (AvgIpc) is 2.78. The molecule has 0 radical (unpaired) electrons. The normalized spacial score (nSPS) is 14.8. The number of ether oxygens (including phenoxy) is 1. The number of carbonyl (C=O) groups excluding carboxylic acids is 2. The van der Waals surface area contributed by atoms with Gasteiger partial charge in [0.15, 0.2) is 5.78 Å². The number of methoxy groups -OCH3 is 1. The van der Waals surface area contributed by atoms with Crippen molar-refractivity contribution in [2.45, 2.75) is 44.0 Å². The number of nitrogens with zero attached hydrogens (tertiary/aromatic N) is 1. The van der Waals surface area contributed by atoms with E-state index in [0.717, 1.165) is 24.8 Å². The van der Waals surface area contributed by atoms with E-state index >= 15 is 0 Å². The lowest BCUT2D eigenvalue weighted by Crippen LogP contribution is -2.35. The van der Waals surface area contributed by atoms with Crippen LogP contribution in [0.15, 0.2) is 47.4 Å². The Labute approximate surface area is 183 Å². The summed E-state index contributed by atoms with van der Waals surface area (Å²) in [4.78, 5) is 24.3. The molecule has 0 aromatic heterocycles. The number of amides is 1. The Morgan fingerprint density at radius 2 is 1.71 bits per heavy atom. The molecule has 7 nitrogen and oxygen atoms in total. The fourth-order valence-electron chi connectivity index (χ4n) is 3.61. The fraction of sp³-hybridized carbons (Fsp3) is 0.391. The highest BCUT2D eigenvalue weighted by molar-refractivity contribution is 7.89. The largest absolute Gasteiger partial charge is 0.496 e. The minimum atomic E-state index is -3.47. The van der Waals surface area contributed by atoms with Crippen molar-refractivity contribution >= 4 is 21.7 Å². The monoisotopic (exact) mass is 444 g/mol. The van der Waals surface area contributed by atoms with Crippen LogP contribution < -0.4 is 10.1 Å². The summed E-state index contributed by atoms with van der Waals surface area (Å²) >= 11 is 0. The highest BCUT2D eigenvalue weighted by Crippen LogP contribution is 2.22. The Kier molecular flexibility index (Phi) is 7.46. The zero-order valence-electron chi connectivity index (χ0n) is 17.9. The molecule has 3 rings (SSSR count). The van der Waals surface area contributed by atoms with Crippen molar-refractivity contribution < 1.29 is 22.7 Å². The van der Waals surface area contributed by atoms with Gasteiger partial charge in [-0.3, -0.25) is 9.59 Å². The molecular weight excluding hydrogens is 416 g/mol. The number of benzene rings is 2. The maximum Gasteiger partial charge on any atom is 0.243 e. The molecule has 166 valence electrons. The third kappa shape index (κ3) is 5.71. The topological polar surface area (TPSA) is 92.8 Å². The number of hydrogen-bond acceptors (Lipinski definition) is 5. The van der Waals surface area contributed by atoms with Crippen molar-refractivity contribution in [3.05, 3.63) is 59.2 Å². The molecule has 1 aliphatic heterocycles. The second-order valence-corrected chi connectivity index (χ2v) is 9.58. The first-order valence-corrected chi connectivity index (χ1v) is 11.8. The quantitative estimate of drug-likeness (QED) is 0.632. The first-order valence-electron chi connectivity index (χ1n) is 10.3. The van der Waals surface area contributed by atoms with Gasteiger partial charge in [-0.15, -0.1) is 0 Å². The van der Waals surface area contributed by atoms with E-state index in [1.54, 1.807) is 42.5 Å². The minimum Gasteiger partial charge on any atom is -0.496 e. The summed E-state index contributed by atoms with van der Waals surface area (Å²) in [7, 11) is -1.95. The first-order chi connectivity index (χ1) is 14.8. The Balaban J connectivity index is 1.61. The molecule has 0 bridgehead atoms. The van der Waals surface area contributed by atoms with Crippen LogP contribution in [0.25, 0.3) is 0 Å². The molecule has 1 amide bonds. The molecule has 0 aliphatic carbocycles. The molecule has 1 fully saturated rings. The van der Waals surface area contributed by atoms with Crippen molar-refractivity contribution in [3.63, 3.8) is 0 Å².